The van der Waals surface area contributed by atoms with Crippen LogP contribution in [0.1, 0.15) is 11.3 Å². The molecule has 7 nitrogen and oxygen atoms in total. The summed E-state index contributed by atoms with van der Waals surface area (Å²) in [4.78, 5) is 14.3. The number of nitrogens with zero attached hydrogens (tertiary/aromatic N) is 3. The molecular formula is C16H23N5O2. The van der Waals surface area contributed by atoms with Gasteiger partial charge in [0.25, 0.3) is 0 Å². The lowest BCUT2D eigenvalue weighted by atomic mass is 10.2. The summed E-state index contributed by atoms with van der Waals surface area (Å²) in [5, 5.41) is 9.85. The van der Waals surface area contributed by atoms with Crippen LogP contribution in [0.15, 0.2) is 24.3 Å². The van der Waals surface area contributed by atoms with Crippen LogP contribution in [0.4, 0.5) is 16.2 Å². The molecule has 0 saturated heterocycles. The van der Waals surface area contributed by atoms with Gasteiger partial charge in [0.05, 0.1) is 12.8 Å². The van der Waals surface area contributed by atoms with Gasteiger partial charge < -0.3 is 20.3 Å². The van der Waals surface area contributed by atoms with Crippen LogP contribution in [0.5, 0.6) is 5.88 Å². The number of ether oxygens (including phenoxy) is 1. The maximum absolute atomic E-state index is 12.2. The quantitative estimate of drug-likeness (QED) is 0.888. The van der Waals surface area contributed by atoms with Gasteiger partial charge in [0, 0.05) is 19.3 Å². The Hall–Kier alpha value is -2.54. The molecule has 0 fully saturated rings. The van der Waals surface area contributed by atoms with Gasteiger partial charge >= 0.3 is 6.03 Å². The average Bonchev–Trinajstić information content (AvgIpc) is 2.72. The summed E-state index contributed by atoms with van der Waals surface area (Å²) in [5.74, 6) is 0.513. The number of benzene rings is 1. The van der Waals surface area contributed by atoms with E-state index in [0.717, 1.165) is 17.8 Å². The van der Waals surface area contributed by atoms with Crippen LogP contribution in [0.25, 0.3) is 0 Å². The molecule has 0 unspecified atom stereocenters. The van der Waals surface area contributed by atoms with Gasteiger partial charge in [-0.15, -0.1) is 0 Å². The first-order valence-electron chi connectivity index (χ1n) is 7.30. The molecule has 2 amide bonds. The highest BCUT2D eigenvalue weighted by Crippen LogP contribution is 2.27. The summed E-state index contributed by atoms with van der Waals surface area (Å²) in [6.45, 7) is 2.63. The van der Waals surface area contributed by atoms with E-state index in [0.29, 0.717) is 17.3 Å². The number of carbonyl (C=O) groups excluding carboxylic acids is 1. The lowest BCUT2D eigenvalue weighted by Crippen LogP contribution is -2.20. The first-order valence-corrected chi connectivity index (χ1v) is 7.30. The van der Waals surface area contributed by atoms with Crippen LogP contribution in [0.2, 0.25) is 0 Å². The summed E-state index contributed by atoms with van der Waals surface area (Å²) in [6.07, 6.45) is 0. The average molecular weight is 317 g/mol. The van der Waals surface area contributed by atoms with Crippen molar-refractivity contribution in [3.05, 3.63) is 35.5 Å². The van der Waals surface area contributed by atoms with E-state index in [1.54, 1.807) is 18.8 Å². The van der Waals surface area contributed by atoms with E-state index in [2.05, 4.69) is 20.6 Å². The predicted molar refractivity (Wildman–Crippen MR) is 91.0 cm³/mol. The largest absolute Gasteiger partial charge is 0.480 e. The van der Waals surface area contributed by atoms with E-state index >= 15 is 0 Å². The third-order valence-corrected chi connectivity index (χ3v) is 3.29. The zero-order chi connectivity index (χ0) is 17.0. The third kappa shape index (κ3) is 4.23. The van der Waals surface area contributed by atoms with Crippen molar-refractivity contribution in [3.8, 4) is 5.88 Å². The van der Waals surface area contributed by atoms with Gasteiger partial charge in [-0.2, -0.15) is 5.10 Å². The zero-order valence-corrected chi connectivity index (χ0v) is 14.2. The van der Waals surface area contributed by atoms with E-state index in [9.17, 15) is 4.79 Å². The highest BCUT2D eigenvalue weighted by Gasteiger charge is 2.16. The first kappa shape index (κ1) is 16.8. The smallest absolute Gasteiger partial charge is 0.323 e. The molecule has 7 heteroatoms. The molecular weight excluding hydrogens is 294 g/mol. The van der Waals surface area contributed by atoms with E-state index in [1.165, 1.54) is 0 Å². The van der Waals surface area contributed by atoms with E-state index in [-0.39, 0.29) is 6.03 Å². The fraction of sp³-hybridized carbons (Fsp3) is 0.375. The first-order chi connectivity index (χ1) is 10.9. The monoisotopic (exact) mass is 317 g/mol. The van der Waals surface area contributed by atoms with Crippen molar-refractivity contribution in [2.45, 2.75) is 13.5 Å². The Balaban J connectivity index is 2.08. The van der Waals surface area contributed by atoms with Crippen LogP contribution < -0.4 is 15.4 Å². The van der Waals surface area contributed by atoms with Gasteiger partial charge in [-0.1, -0.05) is 12.1 Å². The van der Waals surface area contributed by atoms with Gasteiger partial charge in [-0.3, -0.25) is 0 Å². The number of amides is 2. The Bertz CT molecular complexity index is 694. The normalized spacial score (nSPS) is 10.7. The Morgan fingerprint density at radius 1 is 1.35 bits per heavy atom. The number of nitrogens with one attached hydrogen (secondary N) is 2. The number of hydrogen-bond acceptors (Lipinski definition) is 4. The molecule has 2 N–H and O–H groups in total. The van der Waals surface area contributed by atoms with Gasteiger partial charge in [0.1, 0.15) is 5.69 Å². The highest BCUT2D eigenvalue weighted by atomic mass is 16.5. The summed E-state index contributed by atoms with van der Waals surface area (Å²) < 4.78 is 6.85. The van der Waals surface area contributed by atoms with Crippen LogP contribution in [0.3, 0.4) is 0 Å². The molecule has 0 atom stereocenters. The number of carbonyl (C=O) groups is 1. The number of rotatable bonds is 5. The molecule has 124 valence electrons. The molecule has 1 aromatic carbocycles. The second-order valence-electron chi connectivity index (χ2n) is 5.61. The molecule has 0 radical (unpaired) electrons. The van der Waals surface area contributed by atoms with Crippen molar-refractivity contribution in [1.29, 1.82) is 0 Å². The molecule has 2 rings (SSSR count). The summed E-state index contributed by atoms with van der Waals surface area (Å²) in [5.41, 5.74) is 3.13. The molecule has 1 heterocycles. The molecule has 23 heavy (non-hydrogen) atoms. The molecule has 0 bridgehead atoms. The van der Waals surface area contributed by atoms with Gasteiger partial charge in [0.2, 0.25) is 5.88 Å². The molecule has 0 saturated carbocycles. The second kappa shape index (κ2) is 7.15. The Morgan fingerprint density at radius 3 is 2.74 bits per heavy atom. The van der Waals surface area contributed by atoms with Gasteiger partial charge in [-0.05, 0) is 38.7 Å². The topological polar surface area (TPSA) is 71.4 Å². The number of methoxy groups -OCH3 is 1. The van der Waals surface area contributed by atoms with Gasteiger partial charge in [0.15, 0.2) is 0 Å². The van der Waals surface area contributed by atoms with Crippen LogP contribution in [-0.4, -0.2) is 41.9 Å². The molecule has 2 aromatic rings. The van der Waals surface area contributed by atoms with E-state index in [4.69, 9.17) is 4.74 Å². The van der Waals surface area contributed by atoms with Crippen molar-refractivity contribution < 1.29 is 9.53 Å². The van der Waals surface area contributed by atoms with Crippen LogP contribution in [-0.2, 0) is 13.6 Å². The molecule has 0 aliphatic carbocycles. The lowest BCUT2D eigenvalue weighted by molar-refractivity contribution is 0.262. The summed E-state index contributed by atoms with van der Waals surface area (Å²) in [7, 11) is 7.32. The van der Waals surface area contributed by atoms with Crippen molar-refractivity contribution in [2.24, 2.45) is 7.05 Å². The molecule has 0 aliphatic rings. The summed E-state index contributed by atoms with van der Waals surface area (Å²) >= 11 is 0. The maximum Gasteiger partial charge on any atom is 0.323 e. The third-order valence-electron chi connectivity index (χ3n) is 3.29. The number of aryl methyl sites for hydroxylation is 2. The minimum atomic E-state index is -0.332. The van der Waals surface area contributed by atoms with Crippen molar-refractivity contribution in [2.75, 3.05) is 31.8 Å². The SMILES string of the molecule is COc1c(NC(=O)Nc2cccc(CN(C)C)c2)c(C)nn1C. The fourth-order valence-electron chi connectivity index (χ4n) is 2.40. The second-order valence-corrected chi connectivity index (χ2v) is 5.61. The number of urea groups is 1. The Kier molecular flexibility index (Phi) is 5.23. The standard InChI is InChI=1S/C16H23N5O2/c1-11-14(15(23-5)21(4)19-11)18-16(22)17-13-8-6-7-12(9-13)10-20(2)3/h6-9H,10H2,1-5H3,(H2,17,18,22). The van der Waals surface area contributed by atoms with Crippen molar-refractivity contribution in [1.82, 2.24) is 14.7 Å². The zero-order valence-electron chi connectivity index (χ0n) is 14.2. The van der Waals surface area contributed by atoms with Gasteiger partial charge in [-0.25, -0.2) is 9.48 Å². The van der Waals surface area contributed by atoms with Crippen LogP contribution in [0, 0.1) is 6.92 Å². The van der Waals surface area contributed by atoms with E-state index < -0.39 is 0 Å². The lowest BCUT2D eigenvalue weighted by Gasteiger charge is -2.12. The predicted octanol–water partition coefficient (Wildman–Crippen LogP) is 2.44. The van der Waals surface area contributed by atoms with Crippen molar-refractivity contribution in [3.63, 3.8) is 0 Å². The minimum absolute atomic E-state index is 0.332. The number of aromatic nitrogens is 2. The maximum atomic E-state index is 12.2. The van der Waals surface area contributed by atoms with E-state index in [1.807, 2.05) is 45.3 Å². The number of hydrogen-bond donors (Lipinski definition) is 2. The number of anilines is 2. The highest BCUT2D eigenvalue weighted by molar-refractivity contribution is 6.00. The molecule has 1 aromatic heterocycles. The molecule has 0 spiro atoms. The minimum Gasteiger partial charge on any atom is -0.480 e. The Labute approximate surface area is 136 Å². The summed E-state index contributed by atoms with van der Waals surface area (Å²) in [6, 6.07) is 7.42. The Morgan fingerprint density at radius 2 is 2.09 bits per heavy atom. The molecule has 0 aliphatic heterocycles. The van der Waals surface area contributed by atoms with Crippen LogP contribution >= 0.6 is 0 Å². The van der Waals surface area contributed by atoms with Crippen molar-refractivity contribution >= 4 is 17.4 Å². The fourth-order valence-corrected chi connectivity index (χ4v) is 2.40.